The molecule has 1 fully saturated rings. The van der Waals surface area contributed by atoms with Crippen molar-refractivity contribution < 1.29 is 9.18 Å². The van der Waals surface area contributed by atoms with Crippen LogP contribution in [-0.4, -0.2) is 10.9 Å². The first-order valence-corrected chi connectivity index (χ1v) is 5.28. The van der Waals surface area contributed by atoms with Crippen LogP contribution < -0.4 is 10.9 Å². The minimum absolute atomic E-state index is 0.0372. The number of pyridine rings is 1. The van der Waals surface area contributed by atoms with Gasteiger partial charge in [-0.2, -0.15) is 0 Å². The van der Waals surface area contributed by atoms with Crippen LogP contribution in [0.3, 0.4) is 0 Å². The third-order valence-corrected chi connectivity index (χ3v) is 3.04. The molecule has 0 aliphatic heterocycles. The van der Waals surface area contributed by atoms with Crippen LogP contribution in [0.1, 0.15) is 26.2 Å². The first-order valence-electron chi connectivity index (χ1n) is 5.28. The summed E-state index contributed by atoms with van der Waals surface area (Å²) in [5, 5.41) is 0. The molecule has 5 heteroatoms. The molecular formula is C11H14FN3O. The maximum Gasteiger partial charge on any atom is 0.244 e. The summed E-state index contributed by atoms with van der Waals surface area (Å²) >= 11 is 0. The Labute approximate surface area is 93.2 Å². The van der Waals surface area contributed by atoms with E-state index < -0.39 is 5.82 Å². The Morgan fingerprint density at radius 3 is 2.75 bits per heavy atom. The zero-order valence-corrected chi connectivity index (χ0v) is 9.09. The highest BCUT2D eigenvalue weighted by atomic mass is 19.1. The number of carbonyl (C=O) groups excluding carboxylic acids is 1. The van der Waals surface area contributed by atoms with Crippen molar-refractivity contribution in [1.82, 2.24) is 10.4 Å². The SMILES string of the molecule is CC1(C(=O)NNc2ccc(F)cn2)CCC1. The Kier molecular flexibility index (Phi) is 2.77. The van der Waals surface area contributed by atoms with Crippen LogP contribution in [0.25, 0.3) is 0 Å². The van der Waals surface area contributed by atoms with Gasteiger partial charge in [0.05, 0.1) is 6.20 Å². The van der Waals surface area contributed by atoms with Crippen molar-refractivity contribution in [3.05, 3.63) is 24.1 Å². The van der Waals surface area contributed by atoms with Gasteiger partial charge in [-0.1, -0.05) is 13.3 Å². The van der Waals surface area contributed by atoms with Crippen LogP contribution >= 0.6 is 0 Å². The molecule has 0 bridgehead atoms. The molecule has 4 nitrogen and oxygen atoms in total. The van der Waals surface area contributed by atoms with E-state index in [-0.39, 0.29) is 11.3 Å². The Morgan fingerprint density at radius 2 is 2.25 bits per heavy atom. The predicted octanol–water partition coefficient (Wildman–Crippen LogP) is 1.85. The predicted molar refractivity (Wildman–Crippen MR) is 57.9 cm³/mol. The lowest BCUT2D eigenvalue weighted by atomic mass is 9.70. The van der Waals surface area contributed by atoms with Crippen LogP contribution in [0, 0.1) is 11.2 Å². The molecule has 1 heterocycles. The first kappa shape index (κ1) is 10.9. The molecule has 1 aromatic rings. The first-order chi connectivity index (χ1) is 7.60. The van der Waals surface area contributed by atoms with Gasteiger partial charge in [0.15, 0.2) is 0 Å². The number of anilines is 1. The summed E-state index contributed by atoms with van der Waals surface area (Å²) in [7, 11) is 0. The third kappa shape index (κ3) is 2.13. The fourth-order valence-corrected chi connectivity index (χ4v) is 1.66. The average molecular weight is 223 g/mol. The molecule has 1 aliphatic rings. The van der Waals surface area contributed by atoms with Gasteiger partial charge in [0.1, 0.15) is 11.6 Å². The maximum atomic E-state index is 12.6. The second kappa shape index (κ2) is 4.08. The number of nitrogens with zero attached hydrogens (tertiary/aromatic N) is 1. The quantitative estimate of drug-likeness (QED) is 0.769. The van der Waals surface area contributed by atoms with Crippen molar-refractivity contribution in [1.29, 1.82) is 0 Å². The minimum Gasteiger partial charge on any atom is -0.282 e. The maximum absolute atomic E-state index is 12.6. The van der Waals surface area contributed by atoms with E-state index in [1.807, 2.05) is 6.92 Å². The van der Waals surface area contributed by atoms with Crippen molar-refractivity contribution in [2.75, 3.05) is 5.43 Å². The molecule has 0 aromatic carbocycles. The van der Waals surface area contributed by atoms with E-state index in [1.54, 1.807) is 0 Å². The summed E-state index contributed by atoms with van der Waals surface area (Å²) in [4.78, 5) is 15.5. The highest BCUT2D eigenvalue weighted by molar-refractivity contribution is 5.83. The molecule has 1 amide bonds. The summed E-state index contributed by atoms with van der Waals surface area (Å²) < 4.78 is 12.6. The van der Waals surface area contributed by atoms with Crippen LogP contribution in [0.4, 0.5) is 10.2 Å². The van der Waals surface area contributed by atoms with E-state index in [0.29, 0.717) is 5.82 Å². The number of carbonyl (C=O) groups is 1. The molecule has 1 aliphatic carbocycles. The number of aromatic nitrogens is 1. The number of nitrogens with one attached hydrogen (secondary N) is 2. The number of hydrazine groups is 1. The molecule has 86 valence electrons. The van der Waals surface area contributed by atoms with Crippen molar-refractivity contribution in [3.8, 4) is 0 Å². The number of hydrogen-bond donors (Lipinski definition) is 2. The summed E-state index contributed by atoms with van der Waals surface area (Å²) in [6.07, 6.45) is 4.02. The molecule has 0 unspecified atom stereocenters. The van der Waals surface area contributed by atoms with Gasteiger partial charge in [-0.3, -0.25) is 15.6 Å². The minimum atomic E-state index is -0.400. The highest BCUT2D eigenvalue weighted by Gasteiger charge is 2.39. The molecule has 2 N–H and O–H groups in total. The van der Waals surface area contributed by atoms with Gasteiger partial charge in [-0.15, -0.1) is 0 Å². The molecular weight excluding hydrogens is 209 g/mol. The number of rotatable bonds is 3. The van der Waals surface area contributed by atoms with Crippen LogP contribution in [0.15, 0.2) is 18.3 Å². The van der Waals surface area contributed by atoms with Crippen LogP contribution in [0.5, 0.6) is 0 Å². The third-order valence-electron chi connectivity index (χ3n) is 3.04. The van der Waals surface area contributed by atoms with E-state index in [4.69, 9.17) is 0 Å². The molecule has 0 atom stereocenters. The summed E-state index contributed by atoms with van der Waals surface area (Å²) in [5.41, 5.74) is 5.00. The lowest BCUT2D eigenvalue weighted by molar-refractivity contribution is -0.133. The Balaban J connectivity index is 1.87. The number of halogens is 1. The van der Waals surface area contributed by atoms with Gasteiger partial charge < -0.3 is 0 Å². The normalized spacial score (nSPS) is 17.4. The Bertz CT molecular complexity index is 387. The van der Waals surface area contributed by atoms with E-state index in [1.165, 1.54) is 12.1 Å². The molecule has 1 saturated carbocycles. The standard InChI is InChI=1S/C11H14FN3O/c1-11(5-2-6-11)10(16)15-14-9-4-3-8(12)7-13-9/h3-4,7H,2,5-6H2,1H3,(H,13,14)(H,15,16). The molecule has 16 heavy (non-hydrogen) atoms. The molecule has 0 saturated heterocycles. The molecule has 0 spiro atoms. The van der Waals surface area contributed by atoms with Crippen molar-refractivity contribution in [2.45, 2.75) is 26.2 Å². The van der Waals surface area contributed by atoms with Crippen molar-refractivity contribution in [3.63, 3.8) is 0 Å². The monoisotopic (exact) mass is 223 g/mol. The van der Waals surface area contributed by atoms with Crippen LogP contribution in [-0.2, 0) is 4.79 Å². The summed E-state index contributed by atoms with van der Waals surface area (Å²) in [5.74, 6) is -0.00891. The fourth-order valence-electron chi connectivity index (χ4n) is 1.66. The van der Waals surface area contributed by atoms with Crippen molar-refractivity contribution >= 4 is 11.7 Å². The smallest absolute Gasteiger partial charge is 0.244 e. The fraction of sp³-hybridized carbons (Fsp3) is 0.455. The lowest BCUT2D eigenvalue weighted by Crippen LogP contribution is -2.45. The molecule has 1 aromatic heterocycles. The van der Waals surface area contributed by atoms with Gasteiger partial charge in [-0.05, 0) is 25.0 Å². The topological polar surface area (TPSA) is 54.0 Å². The molecule has 0 radical (unpaired) electrons. The molecule has 2 rings (SSSR count). The largest absolute Gasteiger partial charge is 0.282 e. The van der Waals surface area contributed by atoms with Crippen LogP contribution in [0.2, 0.25) is 0 Å². The lowest BCUT2D eigenvalue weighted by Gasteiger charge is -2.36. The zero-order valence-electron chi connectivity index (χ0n) is 9.09. The average Bonchev–Trinajstić information content (AvgIpc) is 2.24. The Hall–Kier alpha value is -1.65. The van der Waals surface area contributed by atoms with Gasteiger partial charge >= 0.3 is 0 Å². The van der Waals surface area contributed by atoms with Gasteiger partial charge in [0.25, 0.3) is 0 Å². The summed E-state index contributed by atoms with van der Waals surface area (Å²) in [6, 6.07) is 2.76. The zero-order chi connectivity index (χ0) is 11.6. The van der Waals surface area contributed by atoms with Crippen molar-refractivity contribution in [2.24, 2.45) is 5.41 Å². The van der Waals surface area contributed by atoms with Gasteiger partial charge in [0.2, 0.25) is 5.91 Å². The van der Waals surface area contributed by atoms with E-state index in [2.05, 4.69) is 15.8 Å². The second-order valence-electron chi connectivity index (χ2n) is 4.35. The van der Waals surface area contributed by atoms with Gasteiger partial charge in [0, 0.05) is 5.41 Å². The second-order valence-corrected chi connectivity index (χ2v) is 4.35. The Morgan fingerprint density at radius 1 is 1.50 bits per heavy atom. The summed E-state index contributed by atoms with van der Waals surface area (Å²) in [6.45, 7) is 1.94. The van der Waals surface area contributed by atoms with E-state index in [0.717, 1.165) is 25.5 Å². The highest BCUT2D eigenvalue weighted by Crippen LogP contribution is 2.40. The number of amides is 1. The van der Waals surface area contributed by atoms with Gasteiger partial charge in [-0.25, -0.2) is 9.37 Å². The van der Waals surface area contributed by atoms with E-state index >= 15 is 0 Å². The number of hydrogen-bond acceptors (Lipinski definition) is 3. The van der Waals surface area contributed by atoms with E-state index in [9.17, 15) is 9.18 Å².